The first-order valence-corrected chi connectivity index (χ1v) is 44.9. The summed E-state index contributed by atoms with van der Waals surface area (Å²) >= 11 is 5.27. The molecule has 0 unspecified atom stereocenters. The lowest BCUT2D eigenvalue weighted by Crippen LogP contribution is -2.37. The zero-order chi connectivity index (χ0) is 105. The summed E-state index contributed by atoms with van der Waals surface area (Å²) in [4.78, 5) is 182. The number of aliphatic imine (C=N–C) groups is 2. The number of aromatic nitrogens is 8. The van der Waals surface area contributed by atoms with Gasteiger partial charge in [0.2, 0.25) is 34.9 Å². The number of carbonyl (C=O) groups is 10. The number of halogens is 1. The summed E-state index contributed by atoms with van der Waals surface area (Å²) in [5.74, 6) is -0.240. The van der Waals surface area contributed by atoms with Gasteiger partial charge in [-0.3, -0.25) is 34.6 Å². The van der Waals surface area contributed by atoms with Gasteiger partial charge in [-0.2, -0.15) is 0 Å². The maximum Gasteiger partial charge on any atom is 0.407 e. The molecule has 6 heterocycles. The number of anilines is 5. The van der Waals surface area contributed by atoms with Crippen LogP contribution in [0.4, 0.5) is 80.7 Å². The molecule has 0 aliphatic carbocycles. The second kappa shape index (κ2) is 58.5. The third kappa shape index (κ3) is 52.9. The zero-order valence-electron chi connectivity index (χ0n) is 82.9. The lowest BCUT2D eigenvalue weighted by molar-refractivity contribution is -0.385. The van der Waals surface area contributed by atoms with Crippen LogP contribution in [0.3, 0.4) is 0 Å². The number of amides is 9. The van der Waals surface area contributed by atoms with Crippen molar-refractivity contribution in [2.75, 3.05) is 119 Å². The molecular formula is C90H135ClN28O21. The highest BCUT2D eigenvalue weighted by molar-refractivity contribution is 6.28. The smallest absolute Gasteiger partial charge is 0.407 e. The highest BCUT2D eigenvalue weighted by Gasteiger charge is 2.28. The van der Waals surface area contributed by atoms with Crippen LogP contribution in [0, 0.1) is 20.2 Å². The van der Waals surface area contributed by atoms with Gasteiger partial charge in [0.05, 0.1) is 62.9 Å². The number of alkyl carbamates (subject to hydrolysis) is 6. The number of amidine groups is 2. The second-order valence-electron chi connectivity index (χ2n) is 36.3. The number of carboxylic acids is 1. The fourth-order valence-electron chi connectivity index (χ4n) is 10.9. The number of nitro groups is 2. The maximum atomic E-state index is 13.6. The number of nitrogen functional groups attached to an aromatic ring is 1. The molecule has 2 aliphatic heterocycles. The van der Waals surface area contributed by atoms with E-state index in [4.69, 9.17) is 63.0 Å². The molecule has 9 amide bonds. The van der Waals surface area contributed by atoms with Gasteiger partial charge in [0.25, 0.3) is 5.91 Å². The Morgan fingerprint density at radius 1 is 0.421 bits per heavy atom. The van der Waals surface area contributed by atoms with Crippen LogP contribution in [-0.2, 0) is 38.0 Å². The summed E-state index contributed by atoms with van der Waals surface area (Å²) in [7, 11) is 0. The Kier molecular flexibility index (Phi) is 49.8. The number of aromatic carboxylic acids is 1. The van der Waals surface area contributed by atoms with Crippen LogP contribution in [-0.4, -0.2) is 262 Å². The van der Waals surface area contributed by atoms with Crippen LogP contribution in [0.5, 0.6) is 0 Å². The summed E-state index contributed by atoms with van der Waals surface area (Å²) in [5, 5.41) is 56.8. The van der Waals surface area contributed by atoms with Gasteiger partial charge in [-0.1, -0.05) is 26.0 Å². The van der Waals surface area contributed by atoms with Crippen molar-refractivity contribution < 1.29 is 91.3 Å². The molecule has 0 spiro atoms. The fraction of sp³-hybridized carbons (Fsp3) is 0.511. The number of carbonyl (C=O) groups excluding carboxylic acids is 9. The molecule has 49 nitrogen and oxygen atoms in total. The number of benzene rings is 2. The largest absolute Gasteiger partial charge is 0.478 e. The van der Waals surface area contributed by atoms with E-state index in [1.165, 1.54) is 36.9 Å². The van der Waals surface area contributed by atoms with Gasteiger partial charge in [-0.15, -0.1) is 0 Å². The molecule has 6 aromatic rings. The molecule has 0 bridgehead atoms. The first kappa shape index (κ1) is 119. The van der Waals surface area contributed by atoms with Gasteiger partial charge in [-0.25, -0.2) is 83.4 Å². The predicted octanol–water partition coefficient (Wildman–Crippen LogP) is 11.7. The maximum absolute atomic E-state index is 13.6. The van der Waals surface area contributed by atoms with E-state index in [9.17, 15) is 73.3 Å². The SMILES string of the molecule is CC(C)(C)OC(=O)NCCN.CC(C)(C)OC(=O)NCCNc1ncc(N)cn1.CC(C)(C)OC(=O)NCCNc1ncc([N+](=O)[O-])cn1.CCCN(CCCNC(=O)OC(C)(C)C)C(=O)C1=Cc2ccc(C(=O)Nc3cnc(NCCNC(=O)OC(C)(C)C)nc3)cc2N=C(N)C1.CCCN(CCCNC(=O)OC(C)(C)C)C(=O)C1=Cc2ccc(C(=O)O)cc2N=C(N)C1.O=[N+]([O-])c1cnc(Cl)nc1. The molecule has 0 fully saturated rings. The Balaban J connectivity index is 0.000000474. The number of nitrogens with one attached hydrogen (secondary N) is 10. The second-order valence-corrected chi connectivity index (χ2v) is 36.6. The topological polar surface area (TPSA) is 691 Å². The highest BCUT2D eigenvalue weighted by atomic mass is 35.5. The lowest BCUT2D eigenvalue weighted by atomic mass is 10.0. The van der Waals surface area contributed by atoms with Gasteiger partial charge in [0.15, 0.2) is 0 Å². The minimum Gasteiger partial charge on any atom is -0.478 e. The standard InChI is InChI=1S/C34H49N9O6.C23H32N4O5.C11H17N5O4.C11H19N5O2.C7H16N2O2.C4H2ClN3O2/c1-8-15-43(16-9-12-37-31(46)48-33(2,3)4)29(45)24-17-22-10-11-23(18-26(22)42-27(35)19-24)28(44)41-25-20-39-30(40-21-25)36-13-14-38-32(47)49-34(5,6)7;1-5-10-27(11-6-9-25-22(31)32-23(2,3)4)20(28)17-12-15-7-8-16(21(29)30)13-18(15)26-19(24)14-17;1-11(2,3)20-10(17)13-5-4-12-9-14-6-8(7-15-9)16(18)19;1-11(2,3)18-10(17)14-5-4-13-9-15-6-8(12)7-16-9;1-7(2,3)11-6(10)9-5-4-8;5-4-6-1-3(2-7-4)8(9)10/h10-11,17-18,20-21H,8-9,12-16,19H2,1-7H3,(H2,35,42)(H,37,46)(H,38,47)(H,41,44)(H,36,39,40);7-8,12-13H,5-6,9-11,14H2,1-4H3,(H2,24,26)(H,25,31)(H,29,30);6-7H,4-5H2,1-3H3,(H,13,17)(H,12,14,15);6-7H,4-5,12H2,1-3H3,(H,14,17)(H,13,15,16);4-5,8H2,1-3H3,(H,9,10);1-2H. The van der Waals surface area contributed by atoms with Gasteiger partial charge in [0.1, 0.15) is 70.1 Å². The van der Waals surface area contributed by atoms with Crippen LogP contribution >= 0.6 is 11.6 Å². The Morgan fingerprint density at radius 2 is 0.721 bits per heavy atom. The van der Waals surface area contributed by atoms with E-state index < -0.39 is 91.9 Å². The molecule has 4 aromatic heterocycles. The minimum atomic E-state index is -1.06. The summed E-state index contributed by atoms with van der Waals surface area (Å²) < 4.78 is 30.7. The zero-order valence-corrected chi connectivity index (χ0v) is 83.7. The number of nitrogens with zero attached hydrogens (tertiary/aromatic N) is 14. The molecule has 140 heavy (non-hydrogen) atoms. The van der Waals surface area contributed by atoms with Crippen molar-refractivity contribution in [2.45, 2.75) is 211 Å². The third-order valence-corrected chi connectivity index (χ3v) is 16.6. The molecule has 0 atom stereocenters. The fourth-order valence-corrected chi connectivity index (χ4v) is 11.0. The van der Waals surface area contributed by atoms with Crippen molar-refractivity contribution in [3.63, 3.8) is 0 Å². The van der Waals surface area contributed by atoms with Gasteiger partial charge < -0.3 is 119 Å². The number of nitrogens with two attached hydrogens (primary N) is 4. The first-order chi connectivity index (χ1) is 65.3. The number of carboxylic acid groups (broad SMARTS) is 1. The molecule has 50 heteroatoms. The van der Waals surface area contributed by atoms with Crippen LogP contribution < -0.4 is 76.1 Å². The average Bonchev–Trinajstić information content (AvgIpc) is 1.66. The highest BCUT2D eigenvalue weighted by Crippen LogP contribution is 2.31. The minimum absolute atomic E-state index is 0.00519. The molecule has 0 saturated heterocycles. The number of fused-ring (bicyclic) bond motifs is 2. The van der Waals surface area contributed by atoms with E-state index in [-0.39, 0.29) is 64.5 Å². The Labute approximate surface area is 818 Å². The predicted molar refractivity (Wildman–Crippen MR) is 529 cm³/mol. The van der Waals surface area contributed by atoms with Crippen molar-refractivity contribution in [3.05, 3.63) is 145 Å². The van der Waals surface area contributed by atoms with Crippen molar-refractivity contribution in [1.29, 1.82) is 0 Å². The van der Waals surface area contributed by atoms with Crippen LogP contribution in [0.15, 0.2) is 107 Å². The van der Waals surface area contributed by atoms with Gasteiger partial charge >= 0.3 is 53.9 Å². The Hall–Kier alpha value is -15.1. The molecule has 0 saturated carbocycles. The Morgan fingerprint density at radius 3 is 1.04 bits per heavy atom. The van der Waals surface area contributed by atoms with Crippen molar-refractivity contribution in [3.8, 4) is 0 Å². The molecule has 768 valence electrons. The van der Waals surface area contributed by atoms with E-state index in [1.807, 2.05) is 55.4 Å². The van der Waals surface area contributed by atoms with E-state index >= 15 is 0 Å². The number of ether oxygens (including phenoxy) is 6. The molecule has 8 rings (SSSR count). The molecular weight excluding hydrogens is 1840 g/mol. The van der Waals surface area contributed by atoms with Crippen molar-refractivity contribution in [2.24, 2.45) is 27.2 Å². The quantitative estimate of drug-likeness (QED) is 0.00598. The van der Waals surface area contributed by atoms with Gasteiger partial charge in [-0.05, 0) is 198 Å². The normalized spacial score (nSPS) is 11.9. The van der Waals surface area contributed by atoms with E-state index in [0.29, 0.717) is 167 Å². The average molecular weight is 1980 g/mol. The van der Waals surface area contributed by atoms with E-state index in [1.54, 1.807) is 129 Å². The number of hydrogen-bond donors (Lipinski definition) is 15. The van der Waals surface area contributed by atoms with Crippen LogP contribution in [0.2, 0.25) is 5.28 Å². The third-order valence-electron chi connectivity index (χ3n) is 16.4. The number of hydrogen-bond acceptors (Lipinski definition) is 37. The van der Waals surface area contributed by atoms with Crippen molar-refractivity contribution >= 4 is 148 Å². The summed E-state index contributed by atoms with van der Waals surface area (Å²) in [6.07, 6.45) is 13.9. The van der Waals surface area contributed by atoms with Crippen LogP contribution in [0.25, 0.3) is 12.2 Å². The van der Waals surface area contributed by atoms with Crippen LogP contribution in [0.1, 0.15) is 209 Å². The summed E-state index contributed by atoms with van der Waals surface area (Å²) in [5.41, 5.74) is 23.8. The molecule has 0 radical (unpaired) electrons. The van der Waals surface area contributed by atoms with E-state index in [0.717, 1.165) is 37.6 Å². The molecule has 2 aliphatic rings. The first-order valence-electron chi connectivity index (χ1n) is 44.5. The number of rotatable bonds is 33. The Bertz CT molecular complexity index is 5190. The molecule has 19 N–H and O–H groups in total. The lowest BCUT2D eigenvalue weighted by Gasteiger charge is -2.24. The summed E-state index contributed by atoms with van der Waals surface area (Å²) in [6, 6.07) is 9.53. The summed E-state index contributed by atoms with van der Waals surface area (Å²) in [6.45, 7) is 42.2. The van der Waals surface area contributed by atoms with Crippen molar-refractivity contribution in [1.82, 2.24) is 81.6 Å². The van der Waals surface area contributed by atoms with Gasteiger partial charge in [0, 0.05) is 132 Å². The van der Waals surface area contributed by atoms with E-state index in [2.05, 4.69) is 103 Å². The molecule has 2 aromatic carbocycles. The monoisotopic (exact) mass is 1980 g/mol.